The quantitative estimate of drug-likeness (QED) is 0.190. The van der Waals surface area contributed by atoms with Gasteiger partial charge in [0.15, 0.2) is 0 Å². The van der Waals surface area contributed by atoms with Crippen LogP contribution in [0.3, 0.4) is 0 Å². The summed E-state index contributed by atoms with van der Waals surface area (Å²) in [6, 6.07) is -3.30. The van der Waals surface area contributed by atoms with Crippen LogP contribution in [-0.4, -0.2) is 69.6 Å². The molecule has 0 aliphatic heterocycles. The second-order valence-corrected chi connectivity index (χ2v) is 6.01. The number of hydrogen-bond donors (Lipinski definition) is 6. The van der Waals surface area contributed by atoms with Gasteiger partial charge in [0, 0.05) is 19.9 Å². The molecule has 0 heterocycles. The van der Waals surface area contributed by atoms with Gasteiger partial charge in [-0.05, 0) is 12.8 Å². The molecule has 0 saturated heterocycles. The van der Waals surface area contributed by atoms with Gasteiger partial charge in [0.25, 0.3) is 0 Å². The molecule has 158 valence electrons. The lowest BCUT2D eigenvalue weighted by molar-refractivity contribution is -0.148. The average molecular weight is 403 g/mol. The van der Waals surface area contributed by atoms with Crippen LogP contribution in [0.1, 0.15) is 45.4 Å². The maximum absolute atomic E-state index is 12.1. The number of unbranched alkanes of at least 4 members (excludes halogenated alkanes) is 2. The summed E-state index contributed by atoms with van der Waals surface area (Å²) in [5, 5.41) is 33.2. The molecule has 28 heavy (non-hydrogen) atoms. The summed E-state index contributed by atoms with van der Waals surface area (Å²) in [6.45, 7) is 1.84. The third-order valence-corrected chi connectivity index (χ3v) is 3.48. The Morgan fingerprint density at radius 3 is 1.86 bits per heavy atom. The zero-order valence-corrected chi connectivity index (χ0v) is 15.4. The average Bonchev–Trinajstić information content (AvgIpc) is 2.55. The number of carbonyl (C=O) groups excluding carboxylic acids is 3. The lowest BCUT2D eigenvalue weighted by Crippen LogP contribution is -2.52. The minimum atomic E-state index is -1.76. The Kier molecular flexibility index (Phi) is 11.6. The minimum Gasteiger partial charge on any atom is -0.481 e. The number of carboxylic acid groups (broad SMARTS) is 3. The molecule has 2 atom stereocenters. The summed E-state index contributed by atoms with van der Waals surface area (Å²) >= 11 is 0. The Labute approximate surface area is 160 Å². The molecule has 0 rings (SSSR count). The number of rotatable bonds is 14. The molecular weight excluding hydrogens is 378 g/mol. The molecule has 0 aromatic carbocycles. The fourth-order valence-electron chi connectivity index (χ4n) is 2.15. The number of hydrogen-bond acceptors (Lipinski definition) is 6. The van der Waals surface area contributed by atoms with Crippen molar-refractivity contribution in [1.82, 2.24) is 16.0 Å². The summed E-state index contributed by atoms with van der Waals surface area (Å²) in [5.41, 5.74) is 0. The highest BCUT2D eigenvalue weighted by Crippen LogP contribution is 2.02. The van der Waals surface area contributed by atoms with E-state index in [1.807, 2.05) is 5.32 Å². The molecule has 0 fully saturated rings. The van der Waals surface area contributed by atoms with Crippen LogP contribution in [0.5, 0.6) is 0 Å². The molecule has 6 N–H and O–H groups in total. The van der Waals surface area contributed by atoms with Crippen LogP contribution in [0.4, 0.5) is 0 Å². The Hall–Kier alpha value is -3.18. The van der Waals surface area contributed by atoms with Crippen molar-refractivity contribution in [2.24, 2.45) is 0 Å². The first-order valence-electron chi connectivity index (χ1n) is 8.53. The summed E-state index contributed by atoms with van der Waals surface area (Å²) < 4.78 is 0. The Balaban J connectivity index is 4.62. The van der Waals surface area contributed by atoms with Crippen LogP contribution in [-0.2, 0) is 28.8 Å². The van der Waals surface area contributed by atoms with E-state index in [2.05, 4.69) is 10.6 Å². The van der Waals surface area contributed by atoms with Gasteiger partial charge >= 0.3 is 17.9 Å². The molecule has 0 saturated carbocycles. The molecule has 0 spiro atoms. The molecule has 0 aliphatic rings. The molecule has 12 nitrogen and oxygen atoms in total. The summed E-state index contributed by atoms with van der Waals surface area (Å²) in [7, 11) is 0. The van der Waals surface area contributed by atoms with Crippen molar-refractivity contribution in [2.75, 3.05) is 6.54 Å². The first kappa shape index (κ1) is 24.8. The number of amides is 3. The number of aliphatic carboxylic acids is 3. The van der Waals surface area contributed by atoms with Crippen LogP contribution in [0.25, 0.3) is 0 Å². The predicted octanol–water partition coefficient (Wildman–Crippen LogP) is -1.31. The van der Waals surface area contributed by atoms with Crippen molar-refractivity contribution in [3.63, 3.8) is 0 Å². The van der Waals surface area contributed by atoms with Gasteiger partial charge in [-0.1, -0.05) is 6.42 Å². The van der Waals surface area contributed by atoms with Gasteiger partial charge < -0.3 is 31.3 Å². The van der Waals surface area contributed by atoms with E-state index in [0.29, 0.717) is 25.8 Å². The molecular formula is C16H25N3O9. The minimum absolute atomic E-state index is 0.000948. The predicted molar refractivity (Wildman–Crippen MR) is 93.2 cm³/mol. The smallest absolute Gasteiger partial charge is 0.326 e. The zero-order valence-electron chi connectivity index (χ0n) is 15.4. The van der Waals surface area contributed by atoms with Gasteiger partial charge in [0.05, 0.1) is 12.8 Å². The van der Waals surface area contributed by atoms with Gasteiger partial charge in [-0.3, -0.25) is 24.0 Å². The molecule has 0 radical (unpaired) electrons. The Morgan fingerprint density at radius 2 is 1.36 bits per heavy atom. The first-order chi connectivity index (χ1) is 13.0. The van der Waals surface area contributed by atoms with E-state index in [1.54, 1.807) is 0 Å². The number of nitrogens with one attached hydrogen (secondary N) is 3. The van der Waals surface area contributed by atoms with Crippen LogP contribution < -0.4 is 16.0 Å². The highest BCUT2D eigenvalue weighted by molar-refractivity contribution is 5.93. The van der Waals surface area contributed by atoms with E-state index in [9.17, 15) is 28.8 Å². The molecule has 0 aromatic heterocycles. The van der Waals surface area contributed by atoms with Crippen LogP contribution in [0, 0.1) is 0 Å². The third kappa shape index (κ3) is 12.2. The third-order valence-electron chi connectivity index (χ3n) is 3.48. The highest BCUT2D eigenvalue weighted by atomic mass is 16.4. The molecule has 0 aromatic rings. The lowest BCUT2D eigenvalue weighted by Gasteiger charge is -2.19. The van der Waals surface area contributed by atoms with Gasteiger partial charge in [0.2, 0.25) is 17.7 Å². The first-order valence-corrected chi connectivity index (χ1v) is 8.53. The molecule has 12 heteroatoms. The van der Waals surface area contributed by atoms with Crippen LogP contribution >= 0.6 is 0 Å². The Morgan fingerprint density at radius 1 is 0.786 bits per heavy atom. The van der Waals surface area contributed by atoms with E-state index < -0.39 is 54.6 Å². The van der Waals surface area contributed by atoms with E-state index in [1.165, 1.54) is 6.92 Å². The molecule has 0 aliphatic carbocycles. The molecule has 3 amide bonds. The van der Waals surface area contributed by atoms with Crippen molar-refractivity contribution in [3.8, 4) is 0 Å². The van der Waals surface area contributed by atoms with Crippen LogP contribution in [0.15, 0.2) is 0 Å². The zero-order chi connectivity index (χ0) is 21.7. The van der Waals surface area contributed by atoms with E-state index in [0.717, 1.165) is 0 Å². The van der Waals surface area contributed by atoms with E-state index in [4.69, 9.17) is 15.3 Å². The molecule has 0 bridgehead atoms. The number of carboxylic acids is 3. The topological polar surface area (TPSA) is 199 Å². The van der Waals surface area contributed by atoms with Crippen molar-refractivity contribution >= 4 is 35.6 Å². The standard InChI is InChI=1S/C16H25N3O9/c1-9(20)17-6-4-2-3-5-12(21)18-10(7-13(22)23)15(26)19-11(16(27)28)8-14(24)25/h10-11H,2-8H2,1H3,(H,17,20)(H,18,21)(H,19,26)(H,22,23)(H,24,25)(H,27,28)/t10-,11-/m0/s1. The van der Waals surface area contributed by atoms with Gasteiger partial charge in [-0.25, -0.2) is 4.79 Å². The Bertz CT molecular complexity index is 606. The second-order valence-electron chi connectivity index (χ2n) is 6.01. The van der Waals surface area contributed by atoms with Crippen molar-refractivity contribution in [1.29, 1.82) is 0 Å². The molecule has 0 unspecified atom stereocenters. The fraction of sp³-hybridized carbons (Fsp3) is 0.625. The largest absolute Gasteiger partial charge is 0.481 e. The van der Waals surface area contributed by atoms with Crippen molar-refractivity contribution in [2.45, 2.75) is 57.5 Å². The normalized spacial score (nSPS) is 12.3. The van der Waals surface area contributed by atoms with Crippen molar-refractivity contribution < 1.29 is 44.1 Å². The van der Waals surface area contributed by atoms with Gasteiger partial charge in [-0.2, -0.15) is 0 Å². The van der Waals surface area contributed by atoms with E-state index in [-0.39, 0.29) is 12.3 Å². The van der Waals surface area contributed by atoms with Crippen molar-refractivity contribution in [3.05, 3.63) is 0 Å². The maximum Gasteiger partial charge on any atom is 0.326 e. The monoisotopic (exact) mass is 403 g/mol. The highest BCUT2D eigenvalue weighted by Gasteiger charge is 2.29. The fourth-order valence-corrected chi connectivity index (χ4v) is 2.15. The summed E-state index contributed by atoms with van der Waals surface area (Å²) in [6.07, 6.45) is -0.00223. The summed E-state index contributed by atoms with van der Waals surface area (Å²) in [5.74, 6) is -6.34. The van der Waals surface area contributed by atoms with Gasteiger partial charge in [0.1, 0.15) is 12.1 Å². The second kappa shape index (κ2) is 13.1. The van der Waals surface area contributed by atoms with E-state index >= 15 is 0 Å². The van der Waals surface area contributed by atoms with Crippen LogP contribution in [0.2, 0.25) is 0 Å². The number of carbonyl (C=O) groups is 6. The maximum atomic E-state index is 12.1. The van der Waals surface area contributed by atoms with Gasteiger partial charge in [-0.15, -0.1) is 0 Å². The SMILES string of the molecule is CC(=O)NCCCCCC(=O)N[C@@H](CC(=O)O)C(=O)N[C@@H](CC(=O)O)C(=O)O. The lowest BCUT2D eigenvalue weighted by atomic mass is 10.1. The summed E-state index contributed by atoms with van der Waals surface area (Å²) in [4.78, 5) is 67.3.